The van der Waals surface area contributed by atoms with Gasteiger partial charge in [0.2, 0.25) is 0 Å². The fourth-order valence-electron chi connectivity index (χ4n) is 1.78. The van der Waals surface area contributed by atoms with Gasteiger partial charge in [0.1, 0.15) is 5.75 Å². The van der Waals surface area contributed by atoms with E-state index in [1.807, 2.05) is 32.2 Å². The molecule has 2 rings (SSSR count). The van der Waals surface area contributed by atoms with Crippen LogP contribution in [0.4, 0.5) is 5.69 Å². The molecule has 0 aliphatic rings. The van der Waals surface area contributed by atoms with E-state index < -0.39 is 0 Å². The largest absolute Gasteiger partial charge is 0.496 e. The van der Waals surface area contributed by atoms with Crippen LogP contribution in [-0.4, -0.2) is 16.9 Å². The Bertz CT molecular complexity index is 497. The van der Waals surface area contributed by atoms with Crippen molar-refractivity contribution in [2.24, 2.45) is 7.05 Å². The number of hydrogen-bond donors (Lipinski definition) is 1. The van der Waals surface area contributed by atoms with Crippen LogP contribution < -0.4 is 10.5 Å². The van der Waals surface area contributed by atoms with Crippen molar-refractivity contribution in [3.63, 3.8) is 0 Å². The van der Waals surface area contributed by atoms with Crippen molar-refractivity contribution in [3.05, 3.63) is 30.0 Å². The molecule has 0 amide bonds. The molecule has 1 aromatic carbocycles. The zero-order valence-corrected chi connectivity index (χ0v) is 9.69. The van der Waals surface area contributed by atoms with Gasteiger partial charge in [-0.25, -0.2) is 0 Å². The van der Waals surface area contributed by atoms with E-state index in [4.69, 9.17) is 10.5 Å². The van der Waals surface area contributed by atoms with Crippen molar-refractivity contribution in [2.75, 3.05) is 12.8 Å². The van der Waals surface area contributed by atoms with Crippen LogP contribution >= 0.6 is 0 Å². The van der Waals surface area contributed by atoms with Gasteiger partial charge in [0.15, 0.2) is 0 Å². The summed E-state index contributed by atoms with van der Waals surface area (Å²) in [6, 6.07) is 6.02. The van der Waals surface area contributed by atoms with Crippen molar-refractivity contribution in [1.82, 2.24) is 9.78 Å². The average Bonchev–Trinajstić information content (AvgIpc) is 2.59. The lowest BCUT2D eigenvalue weighted by molar-refractivity contribution is 0.415. The predicted octanol–water partition coefficient (Wildman–Crippen LogP) is 1.99. The Morgan fingerprint density at radius 3 is 2.69 bits per heavy atom. The van der Waals surface area contributed by atoms with E-state index in [9.17, 15) is 0 Å². The van der Waals surface area contributed by atoms with E-state index >= 15 is 0 Å². The SMILES string of the molecule is COc1cc(C)ccc1-c1c(N)cnn1C. The number of ether oxygens (including phenoxy) is 1. The van der Waals surface area contributed by atoms with Crippen LogP contribution in [0.5, 0.6) is 5.75 Å². The van der Waals surface area contributed by atoms with Gasteiger partial charge in [-0.3, -0.25) is 4.68 Å². The van der Waals surface area contributed by atoms with Crippen molar-refractivity contribution >= 4 is 5.69 Å². The minimum absolute atomic E-state index is 0.657. The number of anilines is 1. The summed E-state index contributed by atoms with van der Waals surface area (Å²) in [4.78, 5) is 0. The van der Waals surface area contributed by atoms with Crippen molar-refractivity contribution in [3.8, 4) is 17.0 Å². The number of rotatable bonds is 2. The highest BCUT2D eigenvalue weighted by molar-refractivity contribution is 5.77. The quantitative estimate of drug-likeness (QED) is 0.836. The molecule has 0 fully saturated rings. The van der Waals surface area contributed by atoms with Crippen LogP contribution in [0, 0.1) is 6.92 Å². The molecule has 0 unspecified atom stereocenters. The zero-order chi connectivity index (χ0) is 11.7. The van der Waals surface area contributed by atoms with Crippen LogP contribution in [0.3, 0.4) is 0 Å². The maximum Gasteiger partial charge on any atom is 0.128 e. The molecule has 0 spiro atoms. The maximum atomic E-state index is 5.90. The highest BCUT2D eigenvalue weighted by Gasteiger charge is 2.13. The Balaban J connectivity index is 2.64. The van der Waals surface area contributed by atoms with Gasteiger partial charge >= 0.3 is 0 Å². The Hall–Kier alpha value is -1.97. The number of aryl methyl sites for hydroxylation is 2. The number of nitrogens with zero attached hydrogens (tertiary/aromatic N) is 2. The van der Waals surface area contributed by atoms with Gasteiger partial charge in [-0.1, -0.05) is 6.07 Å². The molecule has 0 bridgehead atoms. The second-order valence-electron chi connectivity index (χ2n) is 3.78. The topological polar surface area (TPSA) is 53.1 Å². The lowest BCUT2D eigenvalue weighted by Crippen LogP contribution is -1.98. The smallest absolute Gasteiger partial charge is 0.128 e. The predicted molar refractivity (Wildman–Crippen MR) is 64.3 cm³/mol. The first kappa shape index (κ1) is 10.5. The monoisotopic (exact) mass is 217 g/mol. The summed E-state index contributed by atoms with van der Waals surface area (Å²) in [7, 11) is 3.52. The van der Waals surface area contributed by atoms with Crippen LogP contribution in [-0.2, 0) is 7.05 Å². The number of hydrogen-bond acceptors (Lipinski definition) is 3. The summed E-state index contributed by atoms with van der Waals surface area (Å²) in [5.74, 6) is 0.815. The van der Waals surface area contributed by atoms with Crippen LogP contribution in [0.25, 0.3) is 11.3 Å². The maximum absolute atomic E-state index is 5.90. The first-order chi connectivity index (χ1) is 7.63. The first-order valence-corrected chi connectivity index (χ1v) is 5.06. The normalized spacial score (nSPS) is 10.4. The third kappa shape index (κ3) is 1.62. The number of aromatic nitrogens is 2. The average molecular weight is 217 g/mol. The van der Waals surface area contributed by atoms with E-state index in [1.54, 1.807) is 18.0 Å². The van der Waals surface area contributed by atoms with Crippen molar-refractivity contribution in [1.29, 1.82) is 0 Å². The standard InChI is InChI=1S/C12H15N3O/c1-8-4-5-9(11(6-8)16-3)12-10(13)7-14-15(12)2/h4-7H,13H2,1-3H3. The van der Waals surface area contributed by atoms with Gasteiger partial charge in [-0.05, 0) is 24.6 Å². The second-order valence-corrected chi connectivity index (χ2v) is 3.78. The minimum atomic E-state index is 0.657. The number of nitrogen functional groups attached to an aromatic ring is 1. The minimum Gasteiger partial charge on any atom is -0.496 e. The Morgan fingerprint density at radius 1 is 1.38 bits per heavy atom. The summed E-state index contributed by atoms with van der Waals surface area (Å²) >= 11 is 0. The van der Waals surface area contributed by atoms with E-state index in [-0.39, 0.29) is 0 Å². The lowest BCUT2D eigenvalue weighted by atomic mass is 10.1. The number of benzene rings is 1. The molecule has 84 valence electrons. The van der Waals surface area contributed by atoms with E-state index in [0.29, 0.717) is 5.69 Å². The third-order valence-corrected chi connectivity index (χ3v) is 2.58. The Kier molecular flexibility index (Phi) is 2.56. The summed E-state index contributed by atoms with van der Waals surface area (Å²) in [5, 5.41) is 4.13. The molecule has 4 heteroatoms. The van der Waals surface area contributed by atoms with Crippen LogP contribution in [0.15, 0.2) is 24.4 Å². The molecule has 0 saturated heterocycles. The van der Waals surface area contributed by atoms with Gasteiger partial charge in [-0.2, -0.15) is 5.10 Å². The molecule has 4 nitrogen and oxygen atoms in total. The van der Waals surface area contributed by atoms with Gasteiger partial charge in [0.25, 0.3) is 0 Å². The molecular weight excluding hydrogens is 202 g/mol. The van der Waals surface area contributed by atoms with E-state index in [0.717, 1.165) is 22.6 Å². The molecular formula is C12H15N3O. The summed E-state index contributed by atoms with van der Waals surface area (Å²) < 4.78 is 7.12. The van der Waals surface area contributed by atoms with Gasteiger partial charge in [0.05, 0.1) is 24.7 Å². The molecule has 1 heterocycles. The molecule has 2 aromatic rings. The van der Waals surface area contributed by atoms with Crippen LogP contribution in [0.1, 0.15) is 5.56 Å². The number of nitrogens with two attached hydrogens (primary N) is 1. The molecule has 0 saturated carbocycles. The molecule has 2 N–H and O–H groups in total. The summed E-state index contributed by atoms with van der Waals surface area (Å²) in [6.07, 6.45) is 1.65. The van der Waals surface area contributed by atoms with Gasteiger partial charge < -0.3 is 10.5 Å². The molecule has 0 aliphatic carbocycles. The lowest BCUT2D eigenvalue weighted by Gasteiger charge is -2.10. The fourth-order valence-corrected chi connectivity index (χ4v) is 1.78. The fraction of sp³-hybridized carbons (Fsp3) is 0.250. The van der Waals surface area contributed by atoms with E-state index in [2.05, 4.69) is 5.10 Å². The van der Waals surface area contributed by atoms with Crippen molar-refractivity contribution < 1.29 is 4.74 Å². The summed E-state index contributed by atoms with van der Waals surface area (Å²) in [5.41, 5.74) is 9.56. The van der Waals surface area contributed by atoms with Gasteiger partial charge in [0, 0.05) is 12.6 Å². The van der Waals surface area contributed by atoms with Crippen LogP contribution in [0.2, 0.25) is 0 Å². The molecule has 0 radical (unpaired) electrons. The molecule has 16 heavy (non-hydrogen) atoms. The second kappa shape index (κ2) is 3.89. The Labute approximate surface area is 94.6 Å². The van der Waals surface area contributed by atoms with Crippen molar-refractivity contribution in [2.45, 2.75) is 6.92 Å². The zero-order valence-electron chi connectivity index (χ0n) is 9.69. The number of methoxy groups -OCH3 is 1. The molecule has 1 aromatic heterocycles. The molecule has 0 atom stereocenters. The Morgan fingerprint density at radius 2 is 2.12 bits per heavy atom. The highest BCUT2D eigenvalue weighted by atomic mass is 16.5. The van der Waals surface area contributed by atoms with Gasteiger partial charge in [-0.15, -0.1) is 0 Å². The third-order valence-electron chi connectivity index (χ3n) is 2.58. The first-order valence-electron chi connectivity index (χ1n) is 5.06. The highest BCUT2D eigenvalue weighted by Crippen LogP contribution is 2.33. The summed E-state index contributed by atoms with van der Waals surface area (Å²) in [6.45, 7) is 2.03. The molecule has 0 aliphatic heterocycles. The van der Waals surface area contributed by atoms with E-state index in [1.165, 1.54) is 0 Å².